The van der Waals surface area contributed by atoms with E-state index in [0.29, 0.717) is 60.9 Å². The lowest BCUT2D eigenvalue weighted by Gasteiger charge is -2.44. The number of anilines is 1. The van der Waals surface area contributed by atoms with Gasteiger partial charge in [0, 0.05) is 37.7 Å². The first-order valence-electron chi connectivity index (χ1n) is 11.7. The van der Waals surface area contributed by atoms with Gasteiger partial charge in [-0.15, -0.1) is 0 Å². The van der Waals surface area contributed by atoms with Crippen LogP contribution in [0.1, 0.15) is 52.5 Å². The Kier molecular flexibility index (Phi) is 5.77. The molecular formula is C27H27N3O4. The SMILES string of the molecule is CCOC(=O)c1cnc(-c2ccccc2)nc1N1CCC2(CC1)CC(=O)c1cc(C)ccc1O2. The van der Waals surface area contributed by atoms with Crippen LogP contribution in [0.25, 0.3) is 11.4 Å². The van der Waals surface area contributed by atoms with Crippen molar-refractivity contribution in [1.82, 2.24) is 9.97 Å². The normalized spacial score (nSPS) is 16.6. The molecule has 0 aliphatic carbocycles. The lowest BCUT2D eigenvalue weighted by Crippen LogP contribution is -2.51. The second kappa shape index (κ2) is 8.89. The molecule has 0 saturated carbocycles. The third kappa shape index (κ3) is 4.14. The van der Waals surface area contributed by atoms with E-state index in [0.717, 1.165) is 11.1 Å². The number of fused-ring (bicyclic) bond motifs is 1. The van der Waals surface area contributed by atoms with Crippen molar-refractivity contribution in [3.63, 3.8) is 0 Å². The molecule has 2 aliphatic rings. The van der Waals surface area contributed by atoms with Crippen LogP contribution in [0.4, 0.5) is 5.82 Å². The molecule has 0 bridgehead atoms. The Bertz CT molecular complexity index is 1230. The minimum atomic E-state index is -0.533. The van der Waals surface area contributed by atoms with Gasteiger partial charge in [-0.25, -0.2) is 14.8 Å². The predicted octanol–water partition coefficient (Wildman–Crippen LogP) is 4.63. The van der Waals surface area contributed by atoms with Crippen LogP contribution in [0.15, 0.2) is 54.7 Å². The minimum absolute atomic E-state index is 0.124. The van der Waals surface area contributed by atoms with Gasteiger partial charge in [0.1, 0.15) is 22.7 Å². The zero-order valence-electron chi connectivity index (χ0n) is 19.4. The van der Waals surface area contributed by atoms with Crippen LogP contribution in [0.2, 0.25) is 0 Å². The Morgan fingerprint density at radius 2 is 1.91 bits per heavy atom. The summed E-state index contributed by atoms with van der Waals surface area (Å²) in [6.45, 7) is 5.23. The number of ketones is 1. The lowest BCUT2D eigenvalue weighted by atomic mass is 9.82. The number of carbonyl (C=O) groups excluding carboxylic acids is 2. The third-order valence-electron chi connectivity index (χ3n) is 6.51. The van der Waals surface area contributed by atoms with Gasteiger partial charge in [0.15, 0.2) is 11.6 Å². The number of rotatable bonds is 4. The number of esters is 1. The van der Waals surface area contributed by atoms with Gasteiger partial charge in [-0.3, -0.25) is 4.79 Å². The molecule has 2 aliphatic heterocycles. The van der Waals surface area contributed by atoms with Crippen molar-refractivity contribution in [3.05, 3.63) is 71.4 Å². The highest BCUT2D eigenvalue weighted by Crippen LogP contribution is 2.40. The summed E-state index contributed by atoms with van der Waals surface area (Å²) in [4.78, 5) is 36.8. The molecule has 34 heavy (non-hydrogen) atoms. The van der Waals surface area contributed by atoms with Gasteiger partial charge in [-0.05, 0) is 26.0 Å². The van der Waals surface area contributed by atoms with Gasteiger partial charge < -0.3 is 14.4 Å². The first kappa shape index (κ1) is 22.1. The summed E-state index contributed by atoms with van der Waals surface area (Å²) in [7, 11) is 0. The molecule has 0 N–H and O–H groups in total. The summed E-state index contributed by atoms with van der Waals surface area (Å²) in [6.07, 6.45) is 3.21. The molecule has 0 unspecified atom stereocenters. The fourth-order valence-corrected chi connectivity index (χ4v) is 4.71. The van der Waals surface area contributed by atoms with Crippen LogP contribution in [0.5, 0.6) is 5.75 Å². The number of nitrogens with zero attached hydrogens (tertiary/aromatic N) is 3. The van der Waals surface area contributed by atoms with Crippen molar-refractivity contribution in [2.24, 2.45) is 0 Å². The summed E-state index contributed by atoms with van der Waals surface area (Å²) < 4.78 is 11.7. The van der Waals surface area contributed by atoms with Crippen molar-refractivity contribution in [2.75, 3.05) is 24.6 Å². The van der Waals surface area contributed by atoms with Gasteiger partial charge in [-0.1, -0.05) is 42.0 Å². The molecule has 174 valence electrons. The molecule has 7 nitrogen and oxygen atoms in total. The second-order valence-corrected chi connectivity index (χ2v) is 8.89. The Hall–Kier alpha value is -3.74. The molecule has 0 radical (unpaired) electrons. The summed E-state index contributed by atoms with van der Waals surface area (Å²) >= 11 is 0. The fourth-order valence-electron chi connectivity index (χ4n) is 4.71. The first-order chi connectivity index (χ1) is 16.5. The van der Waals surface area contributed by atoms with Crippen molar-refractivity contribution in [1.29, 1.82) is 0 Å². The lowest BCUT2D eigenvalue weighted by molar-refractivity contribution is 0.0231. The maximum atomic E-state index is 12.9. The third-order valence-corrected chi connectivity index (χ3v) is 6.51. The van der Waals surface area contributed by atoms with Gasteiger partial charge in [-0.2, -0.15) is 0 Å². The van der Waals surface area contributed by atoms with E-state index in [1.807, 2.05) is 55.5 Å². The van der Waals surface area contributed by atoms with Crippen molar-refractivity contribution in [3.8, 4) is 17.1 Å². The molecule has 2 aromatic carbocycles. The van der Waals surface area contributed by atoms with E-state index >= 15 is 0 Å². The highest BCUT2D eigenvalue weighted by atomic mass is 16.5. The average Bonchev–Trinajstić information content (AvgIpc) is 2.85. The molecule has 1 spiro atoms. The van der Waals surface area contributed by atoms with E-state index in [1.54, 1.807) is 13.1 Å². The van der Waals surface area contributed by atoms with Crippen LogP contribution in [-0.2, 0) is 4.74 Å². The fraction of sp³-hybridized carbons (Fsp3) is 0.333. The van der Waals surface area contributed by atoms with E-state index < -0.39 is 11.6 Å². The highest BCUT2D eigenvalue weighted by molar-refractivity contribution is 6.00. The number of carbonyl (C=O) groups is 2. The quantitative estimate of drug-likeness (QED) is 0.528. The van der Waals surface area contributed by atoms with Gasteiger partial charge in [0.05, 0.1) is 18.6 Å². The largest absolute Gasteiger partial charge is 0.486 e. The number of aryl methyl sites for hydroxylation is 1. The van der Waals surface area contributed by atoms with E-state index in [4.69, 9.17) is 14.5 Å². The number of benzene rings is 2. The summed E-state index contributed by atoms with van der Waals surface area (Å²) in [5.41, 5.74) is 2.40. The Balaban J connectivity index is 1.42. The van der Waals surface area contributed by atoms with Crippen LogP contribution >= 0.6 is 0 Å². The molecule has 1 fully saturated rings. The maximum Gasteiger partial charge on any atom is 0.343 e. The smallest absolute Gasteiger partial charge is 0.343 e. The van der Waals surface area contributed by atoms with Crippen molar-refractivity contribution in [2.45, 2.75) is 38.7 Å². The Morgan fingerprint density at radius 3 is 2.65 bits per heavy atom. The Morgan fingerprint density at radius 1 is 1.15 bits per heavy atom. The van der Waals surface area contributed by atoms with Crippen LogP contribution in [0, 0.1) is 6.92 Å². The molecule has 1 saturated heterocycles. The maximum absolute atomic E-state index is 12.9. The molecule has 0 atom stereocenters. The van der Waals surface area contributed by atoms with E-state index in [9.17, 15) is 9.59 Å². The summed E-state index contributed by atoms with van der Waals surface area (Å²) in [6, 6.07) is 15.4. The average molecular weight is 458 g/mol. The van der Waals surface area contributed by atoms with Crippen molar-refractivity contribution >= 4 is 17.6 Å². The number of hydrogen-bond acceptors (Lipinski definition) is 7. The zero-order chi connectivity index (χ0) is 23.7. The highest BCUT2D eigenvalue weighted by Gasteiger charge is 2.43. The van der Waals surface area contributed by atoms with Gasteiger partial charge in [0.25, 0.3) is 0 Å². The molecule has 7 heteroatoms. The van der Waals surface area contributed by atoms with Crippen LogP contribution in [-0.4, -0.2) is 47.0 Å². The van der Waals surface area contributed by atoms with Crippen molar-refractivity contribution < 1.29 is 19.1 Å². The predicted molar refractivity (Wildman–Crippen MR) is 128 cm³/mol. The molecular weight excluding hydrogens is 430 g/mol. The molecule has 1 aromatic heterocycles. The first-order valence-corrected chi connectivity index (χ1v) is 11.7. The van der Waals surface area contributed by atoms with Gasteiger partial charge in [0.2, 0.25) is 0 Å². The number of aromatic nitrogens is 2. The number of ether oxygens (including phenoxy) is 2. The molecule has 0 amide bonds. The molecule has 5 rings (SSSR count). The topological polar surface area (TPSA) is 81.6 Å². The minimum Gasteiger partial charge on any atom is -0.486 e. The monoisotopic (exact) mass is 457 g/mol. The Labute approximate surface area is 198 Å². The zero-order valence-corrected chi connectivity index (χ0v) is 19.4. The second-order valence-electron chi connectivity index (χ2n) is 8.89. The van der Waals surface area contributed by atoms with Crippen LogP contribution < -0.4 is 9.64 Å². The summed E-state index contributed by atoms with van der Waals surface area (Å²) in [5.74, 6) is 1.46. The molecule has 3 heterocycles. The molecule has 3 aromatic rings. The number of Topliss-reactive ketones (excluding diaryl/α,β-unsaturated/α-hetero) is 1. The van der Waals surface area contributed by atoms with Gasteiger partial charge >= 0.3 is 5.97 Å². The summed E-state index contributed by atoms with van der Waals surface area (Å²) in [5, 5.41) is 0. The van der Waals surface area contributed by atoms with E-state index in [2.05, 4.69) is 9.88 Å². The standard InChI is InChI=1S/C27H27N3O4/c1-3-33-26(32)21-17-28-24(19-7-5-4-6-8-19)29-25(21)30-13-11-27(12-14-30)16-22(31)20-15-18(2)9-10-23(20)34-27/h4-10,15,17H,3,11-14,16H2,1-2H3. The number of hydrogen-bond donors (Lipinski definition) is 0. The van der Waals surface area contributed by atoms with E-state index in [-0.39, 0.29) is 12.4 Å². The van der Waals surface area contributed by atoms with E-state index in [1.165, 1.54) is 0 Å². The van der Waals surface area contributed by atoms with Crippen LogP contribution in [0.3, 0.4) is 0 Å². The number of piperidine rings is 1.